The first kappa shape index (κ1) is 21.2. The van der Waals surface area contributed by atoms with Gasteiger partial charge in [0, 0.05) is 36.2 Å². The van der Waals surface area contributed by atoms with Gasteiger partial charge in [0.15, 0.2) is 6.29 Å². The molecule has 0 saturated carbocycles. The normalized spacial score (nSPS) is 11.1. The van der Waals surface area contributed by atoms with E-state index >= 15 is 0 Å². The van der Waals surface area contributed by atoms with Crippen LogP contribution in [0.1, 0.15) is 28.3 Å². The number of hydrogen-bond acceptors (Lipinski definition) is 6. The number of carbonyl (C=O) groups is 2. The number of aldehydes is 1. The van der Waals surface area contributed by atoms with Gasteiger partial charge in [-0.05, 0) is 56.3 Å². The summed E-state index contributed by atoms with van der Waals surface area (Å²) < 4.78 is 29.1. The number of hydrogen-bond donors (Lipinski definition) is 2. The Morgan fingerprint density at radius 1 is 1.10 bits per heavy atom. The number of rotatable bonds is 8. The minimum Gasteiger partial charge on any atom is -0.345 e. The highest BCUT2D eigenvalue weighted by atomic mass is 32.2. The maximum absolute atomic E-state index is 12.5. The zero-order chi connectivity index (χ0) is 21.7. The van der Waals surface area contributed by atoms with Crippen LogP contribution in [0, 0.1) is 13.8 Å². The quantitative estimate of drug-likeness (QED) is 0.533. The van der Waals surface area contributed by atoms with Crippen LogP contribution >= 0.6 is 0 Å². The number of nitrogens with zero attached hydrogens (tertiary/aromatic N) is 3. The molecule has 0 unspecified atom stereocenters. The molecule has 0 aliphatic heterocycles. The highest BCUT2D eigenvalue weighted by molar-refractivity contribution is 7.92. The number of amides is 1. The number of aromatic nitrogens is 3. The fourth-order valence-electron chi connectivity index (χ4n) is 2.85. The van der Waals surface area contributed by atoms with Crippen molar-refractivity contribution in [3.05, 3.63) is 65.7 Å². The third-order valence-electron chi connectivity index (χ3n) is 4.22. The molecule has 156 valence electrons. The van der Waals surface area contributed by atoms with E-state index in [2.05, 4.69) is 20.0 Å². The van der Waals surface area contributed by atoms with Crippen molar-refractivity contribution < 1.29 is 18.0 Å². The molecule has 9 nitrogen and oxygen atoms in total. The van der Waals surface area contributed by atoms with Crippen LogP contribution in [0.3, 0.4) is 0 Å². The van der Waals surface area contributed by atoms with Gasteiger partial charge in [-0.3, -0.25) is 9.59 Å². The molecule has 1 amide bonds. The summed E-state index contributed by atoms with van der Waals surface area (Å²) in [4.78, 5) is 31.2. The lowest BCUT2D eigenvalue weighted by Crippen LogP contribution is -2.17. The standard InChI is InChI=1S/C20H21N5O4S/c1-14-12-15(2)22-20(21-14)24-30(28,29)18-7-5-16(6-8-18)23-19(27)9-11-25-10-3-4-17(25)13-26/h3-8,10,12-13H,9,11H2,1-2H3,(H,23,27)(H,21,22,24). The van der Waals surface area contributed by atoms with Crippen molar-refractivity contribution >= 4 is 33.9 Å². The molecular formula is C20H21N5O4S. The Morgan fingerprint density at radius 2 is 1.77 bits per heavy atom. The number of sulfonamides is 1. The molecule has 3 rings (SSSR count). The van der Waals surface area contributed by atoms with Crippen molar-refractivity contribution in [1.29, 1.82) is 0 Å². The molecule has 30 heavy (non-hydrogen) atoms. The van der Waals surface area contributed by atoms with Gasteiger partial charge in [-0.2, -0.15) is 0 Å². The summed E-state index contributed by atoms with van der Waals surface area (Å²) >= 11 is 0. The molecule has 0 radical (unpaired) electrons. The lowest BCUT2D eigenvalue weighted by molar-refractivity contribution is -0.116. The minimum atomic E-state index is -3.86. The molecule has 0 saturated heterocycles. The average Bonchev–Trinajstić information content (AvgIpc) is 3.13. The summed E-state index contributed by atoms with van der Waals surface area (Å²) in [6.07, 6.45) is 2.62. The van der Waals surface area contributed by atoms with Crippen LogP contribution < -0.4 is 10.0 Å². The molecule has 0 bridgehead atoms. The van der Waals surface area contributed by atoms with Crippen molar-refractivity contribution in [3.63, 3.8) is 0 Å². The Bertz CT molecular complexity index is 1150. The maximum atomic E-state index is 12.5. The Labute approximate surface area is 174 Å². The second-order valence-corrected chi connectivity index (χ2v) is 8.33. The van der Waals surface area contributed by atoms with Crippen LogP contribution in [0.5, 0.6) is 0 Å². The molecule has 0 atom stereocenters. The Balaban J connectivity index is 1.62. The summed E-state index contributed by atoms with van der Waals surface area (Å²) in [5.41, 5.74) is 2.26. The predicted octanol–water partition coefficient (Wildman–Crippen LogP) is 2.54. The fourth-order valence-corrected chi connectivity index (χ4v) is 3.80. The molecule has 2 N–H and O–H groups in total. The topological polar surface area (TPSA) is 123 Å². The number of aryl methyl sites for hydroxylation is 3. The van der Waals surface area contributed by atoms with E-state index < -0.39 is 10.0 Å². The summed E-state index contributed by atoms with van der Waals surface area (Å²) in [5, 5.41) is 2.70. The third-order valence-corrected chi connectivity index (χ3v) is 5.57. The van der Waals surface area contributed by atoms with Gasteiger partial charge in [0.1, 0.15) is 0 Å². The van der Waals surface area contributed by atoms with Gasteiger partial charge in [-0.1, -0.05) is 0 Å². The molecule has 0 fully saturated rings. The maximum Gasteiger partial charge on any atom is 0.264 e. The lowest BCUT2D eigenvalue weighted by atomic mass is 10.3. The molecule has 2 aromatic heterocycles. The zero-order valence-electron chi connectivity index (χ0n) is 16.5. The fraction of sp³-hybridized carbons (Fsp3) is 0.200. The van der Waals surface area contributed by atoms with Gasteiger partial charge in [-0.25, -0.2) is 23.1 Å². The SMILES string of the molecule is Cc1cc(C)nc(NS(=O)(=O)c2ccc(NC(=O)CCn3cccc3C=O)cc2)n1. The van der Waals surface area contributed by atoms with Crippen LogP contribution in [0.25, 0.3) is 0 Å². The van der Waals surface area contributed by atoms with Crippen LogP contribution in [0.2, 0.25) is 0 Å². The van der Waals surface area contributed by atoms with E-state index in [1.807, 2.05) is 0 Å². The zero-order valence-corrected chi connectivity index (χ0v) is 17.3. The number of benzene rings is 1. The monoisotopic (exact) mass is 427 g/mol. The highest BCUT2D eigenvalue weighted by Crippen LogP contribution is 2.17. The summed E-state index contributed by atoms with van der Waals surface area (Å²) in [6, 6.07) is 10.9. The summed E-state index contributed by atoms with van der Waals surface area (Å²) in [5.74, 6) is -0.248. The molecule has 0 aliphatic carbocycles. The second kappa shape index (κ2) is 8.87. The van der Waals surface area contributed by atoms with E-state index in [4.69, 9.17) is 0 Å². The molecule has 2 heterocycles. The van der Waals surface area contributed by atoms with Crippen molar-refractivity contribution in [2.45, 2.75) is 31.7 Å². The molecule has 0 aliphatic rings. The molecule has 3 aromatic rings. The van der Waals surface area contributed by atoms with Crippen LogP contribution in [0.15, 0.2) is 53.6 Å². The van der Waals surface area contributed by atoms with E-state index in [0.717, 1.165) is 6.29 Å². The highest BCUT2D eigenvalue weighted by Gasteiger charge is 2.16. The minimum absolute atomic E-state index is 0.00425. The van der Waals surface area contributed by atoms with E-state index in [9.17, 15) is 18.0 Å². The van der Waals surface area contributed by atoms with Crippen LogP contribution in [-0.2, 0) is 21.4 Å². The molecule has 1 aromatic carbocycles. The van der Waals surface area contributed by atoms with Crippen LogP contribution in [-0.4, -0.2) is 35.1 Å². The van der Waals surface area contributed by atoms with Crippen LogP contribution in [0.4, 0.5) is 11.6 Å². The first-order valence-electron chi connectivity index (χ1n) is 9.12. The third kappa shape index (κ3) is 5.29. The van der Waals surface area contributed by atoms with Gasteiger partial charge < -0.3 is 9.88 Å². The smallest absolute Gasteiger partial charge is 0.264 e. The van der Waals surface area contributed by atoms with Gasteiger partial charge in [0.05, 0.1) is 10.6 Å². The summed E-state index contributed by atoms with van der Waals surface area (Å²) in [7, 11) is -3.86. The molecule has 10 heteroatoms. The first-order valence-corrected chi connectivity index (χ1v) is 10.6. The largest absolute Gasteiger partial charge is 0.345 e. The Hall–Kier alpha value is -3.53. The lowest BCUT2D eigenvalue weighted by Gasteiger charge is -2.10. The number of carbonyl (C=O) groups excluding carboxylic acids is 2. The average molecular weight is 427 g/mol. The first-order chi connectivity index (χ1) is 14.3. The van der Waals surface area contributed by atoms with E-state index in [0.29, 0.717) is 29.3 Å². The molecular weight excluding hydrogens is 406 g/mol. The molecule has 0 spiro atoms. The number of nitrogens with one attached hydrogen (secondary N) is 2. The predicted molar refractivity (Wildman–Crippen MR) is 112 cm³/mol. The van der Waals surface area contributed by atoms with Gasteiger partial charge in [0.2, 0.25) is 11.9 Å². The van der Waals surface area contributed by atoms with Crippen molar-refractivity contribution in [1.82, 2.24) is 14.5 Å². The van der Waals surface area contributed by atoms with Crippen molar-refractivity contribution in [3.8, 4) is 0 Å². The van der Waals surface area contributed by atoms with E-state index in [1.165, 1.54) is 24.3 Å². The van der Waals surface area contributed by atoms with Gasteiger partial charge in [-0.15, -0.1) is 0 Å². The van der Waals surface area contributed by atoms with E-state index in [-0.39, 0.29) is 23.2 Å². The Kier molecular flexibility index (Phi) is 6.26. The van der Waals surface area contributed by atoms with E-state index in [1.54, 1.807) is 42.8 Å². The Morgan fingerprint density at radius 3 is 2.40 bits per heavy atom. The van der Waals surface area contributed by atoms with Gasteiger partial charge in [0.25, 0.3) is 10.0 Å². The van der Waals surface area contributed by atoms with Gasteiger partial charge >= 0.3 is 0 Å². The second-order valence-electron chi connectivity index (χ2n) is 6.65. The number of anilines is 2. The summed E-state index contributed by atoms with van der Waals surface area (Å²) in [6.45, 7) is 3.86. The van der Waals surface area contributed by atoms with Crippen molar-refractivity contribution in [2.75, 3.05) is 10.0 Å². The van der Waals surface area contributed by atoms with Crippen molar-refractivity contribution in [2.24, 2.45) is 0 Å².